The van der Waals surface area contributed by atoms with E-state index in [4.69, 9.17) is 5.73 Å². The highest BCUT2D eigenvalue weighted by Gasteiger charge is 2.08. The van der Waals surface area contributed by atoms with Crippen molar-refractivity contribution in [2.75, 3.05) is 5.73 Å². The number of nitrogens with zero attached hydrogens (tertiary/aromatic N) is 3. The molecule has 3 aromatic rings. The third kappa shape index (κ3) is 1.89. The molecule has 2 heterocycles. The molecular weight excluding hydrogens is 260 g/mol. The average Bonchev–Trinajstić information content (AvgIpc) is 2.84. The summed E-state index contributed by atoms with van der Waals surface area (Å²) in [4.78, 5) is 4.50. The number of benzene rings is 1. The van der Waals surface area contributed by atoms with E-state index in [1.807, 2.05) is 18.2 Å². The fraction of sp³-hybridized carbons (Fsp3) is 0. The van der Waals surface area contributed by atoms with Crippen molar-refractivity contribution in [3.63, 3.8) is 0 Å². The Morgan fingerprint density at radius 1 is 1.06 bits per heavy atom. The lowest BCUT2D eigenvalue weighted by Crippen LogP contribution is -1.79. The van der Waals surface area contributed by atoms with Crippen LogP contribution in [0.15, 0.2) is 32.9 Å². The summed E-state index contributed by atoms with van der Waals surface area (Å²) < 4.78 is 2.98. The summed E-state index contributed by atoms with van der Waals surface area (Å²) >= 11 is 4.54. The van der Waals surface area contributed by atoms with Gasteiger partial charge < -0.3 is 5.73 Å². The van der Waals surface area contributed by atoms with Gasteiger partial charge >= 0.3 is 0 Å². The molecule has 3 rings (SSSR count). The van der Waals surface area contributed by atoms with Crippen LogP contribution in [0.3, 0.4) is 0 Å². The summed E-state index contributed by atoms with van der Waals surface area (Å²) in [7, 11) is 0. The fourth-order valence-corrected chi connectivity index (χ4v) is 4.14. The van der Waals surface area contributed by atoms with Crippen LogP contribution in [0.1, 0.15) is 0 Å². The van der Waals surface area contributed by atoms with Crippen LogP contribution in [0.4, 0.5) is 5.13 Å². The molecule has 0 radical (unpaired) electrons. The zero-order valence-electron chi connectivity index (χ0n) is 7.95. The topological polar surface area (TPSA) is 64.7 Å². The Morgan fingerprint density at radius 3 is 2.69 bits per heavy atom. The molecular formula is C9H6N4S3. The lowest BCUT2D eigenvalue weighted by Gasteiger charge is -1.85. The number of rotatable bonds is 2. The summed E-state index contributed by atoms with van der Waals surface area (Å²) in [5.74, 6) is 0. The van der Waals surface area contributed by atoms with Crippen molar-refractivity contribution in [1.29, 1.82) is 0 Å². The van der Waals surface area contributed by atoms with E-state index < -0.39 is 0 Å². The van der Waals surface area contributed by atoms with Gasteiger partial charge in [0.05, 0.1) is 10.2 Å². The Bertz CT molecular complexity index is 597. The van der Waals surface area contributed by atoms with Crippen LogP contribution in [-0.2, 0) is 0 Å². The molecule has 0 amide bonds. The summed E-state index contributed by atoms with van der Waals surface area (Å²) in [6.45, 7) is 0. The van der Waals surface area contributed by atoms with Crippen molar-refractivity contribution < 1.29 is 0 Å². The van der Waals surface area contributed by atoms with Gasteiger partial charge in [-0.1, -0.05) is 23.5 Å². The number of nitrogen functional groups attached to an aromatic ring is 1. The summed E-state index contributed by atoms with van der Waals surface area (Å²) in [6.07, 6.45) is 0. The monoisotopic (exact) mass is 266 g/mol. The predicted molar refractivity (Wildman–Crippen MR) is 68.1 cm³/mol. The zero-order chi connectivity index (χ0) is 11.0. The van der Waals surface area contributed by atoms with Gasteiger partial charge in [0.15, 0.2) is 8.68 Å². The highest BCUT2D eigenvalue weighted by Crippen LogP contribution is 2.35. The molecule has 0 aliphatic rings. The third-order valence-corrected chi connectivity index (χ3v) is 4.77. The molecule has 0 aliphatic heterocycles. The van der Waals surface area contributed by atoms with E-state index >= 15 is 0 Å². The number of hydrogen-bond acceptors (Lipinski definition) is 7. The average molecular weight is 266 g/mol. The SMILES string of the molecule is Nc1nnc(Sc2nc3ccccc3s2)s1. The summed E-state index contributed by atoms with van der Waals surface area (Å²) in [5, 5.41) is 8.21. The number of para-hydroxylation sites is 1. The number of nitrogens with two attached hydrogens (primary N) is 1. The van der Waals surface area contributed by atoms with Crippen LogP contribution in [-0.4, -0.2) is 15.2 Å². The van der Waals surface area contributed by atoms with Crippen LogP contribution in [0.5, 0.6) is 0 Å². The molecule has 16 heavy (non-hydrogen) atoms. The van der Waals surface area contributed by atoms with Gasteiger partial charge in [-0.05, 0) is 23.9 Å². The number of aromatic nitrogens is 3. The van der Waals surface area contributed by atoms with Gasteiger partial charge in [-0.25, -0.2) is 4.98 Å². The van der Waals surface area contributed by atoms with Crippen molar-refractivity contribution in [2.24, 2.45) is 0 Å². The minimum absolute atomic E-state index is 0.489. The van der Waals surface area contributed by atoms with Crippen molar-refractivity contribution in [1.82, 2.24) is 15.2 Å². The van der Waals surface area contributed by atoms with E-state index in [9.17, 15) is 0 Å². The lowest BCUT2D eigenvalue weighted by atomic mass is 10.3. The molecule has 1 aromatic carbocycles. The van der Waals surface area contributed by atoms with Crippen LogP contribution in [0.25, 0.3) is 10.2 Å². The summed E-state index contributed by atoms with van der Waals surface area (Å²) in [5.41, 5.74) is 6.54. The van der Waals surface area contributed by atoms with Gasteiger partial charge in [0.25, 0.3) is 0 Å². The Labute approximate surface area is 104 Å². The quantitative estimate of drug-likeness (QED) is 0.772. The van der Waals surface area contributed by atoms with E-state index in [1.54, 1.807) is 11.3 Å². The molecule has 0 aliphatic carbocycles. The molecule has 80 valence electrons. The van der Waals surface area contributed by atoms with Gasteiger partial charge in [-0.15, -0.1) is 21.5 Å². The number of thiazole rings is 1. The Balaban J connectivity index is 1.95. The smallest absolute Gasteiger partial charge is 0.203 e. The molecule has 0 bridgehead atoms. The fourth-order valence-electron chi connectivity index (χ4n) is 1.23. The first-order valence-corrected chi connectivity index (χ1v) is 6.88. The third-order valence-electron chi connectivity index (χ3n) is 1.87. The first kappa shape index (κ1) is 10.0. The minimum Gasteiger partial charge on any atom is -0.374 e. The predicted octanol–water partition coefficient (Wildman–Crippen LogP) is 2.88. The molecule has 7 heteroatoms. The maximum atomic E-state index is 5.52. The lowest BCUT2D eigenvalue weighted by molar-refractivity contribution is 1.02. The highest BCUT2D eigenvalue weighted by atomic mass is 32.2. The number of anilines is 1. The largest absolute Gasteiger partial charge is 0.374 e. The maximum absolute atomic E-state index is 5.52. The van der Waals surface area contributed by atoms with E-state index in [1.165, 1.54) is 27.8 Å². The molecule has 0 unspecified atom stereocenters. The van der Waals surface area contributed by atoms with Crippen molar-refractivity contribution in [3.05, 3.63) is 24.3 Å². The molecule has 0 atom stereocenters. The van der Waals surface area contributed by atoms with Crippen LogP contribution in [0, 0.1) is 0 Å². The number of fused-ring (bicyclic) bond motifs is 1. The van der Waals surface area contributed by atoms with E-state index in [0.29, 0.717) is 5.13 Å². The Kier molecular flexibility index (Phi) is 2.50. The van der Waals surface area contributed by atoms with Crippen molar-refractivity contribution in [3.8, 4) is 0 Å². The Hall–Kier alpha value is -1.18. The Morgan fingerprint density at radius 2 is 1.94 bits per heavy atom. The van der Waals surface area contributed by atoms with E-state index in [0.717, 1.165) is 14.2 Å². The second-order valence-electron chi connectivity index (χ2n) is 2.96. The van der Waals surface area contributed by atoms with Gasteiger partial charge in [0.2, 0.25) is 5.13 Å². The zero-order valence-corrected chi connectivity index (χ0v) is 10.4. The second kappa shape index (κ2) is 4.00. The molecule has 0 saturated carbocycles. The molecule has 0 fully saturated rings. The molecule has 0 spiro atoms. The summed E-state index contributed by atoms with van der Waals surface area (Å²) in [6, 6.07) is 8.06. The van der Waals surface area contributed by atoms with E-state index in [2.05, 4.69) is 21.2 Å². The van der Waals surface area contributed by atoms with Crippen LogP contribution < -0.4 is 5.73 Å². The van der Waals surface area contributed by atoms with Gasteiger partial charge in [0.1, 0.15) is 0 Å². The van der Waals surface area contributed by atoms with E-state index in [-0.39, 0.29) is 0 Å². The number of hydrogen-bond donors (Lipinski definition) is 1. The van der Waals surface area contributed by atoms with Crippen molar-refractivity contribution >= 4 is 49.8 Å². The normalized spacial score (nSPS) is 11.0. The molecule has 2 aromatic heterocycles. The van der Waals surface area contributed by atoms with Crippen LogP contribution in [0.2, 0.25) is 0 Å². The maximum Gasteiger partial charge on any atom is 0.203 e. The van der Waals surface area contributed by atoms with Gasteiger partial charge in [-0.3, -0.25) is 0 Å². The van der Waals surface area contributed by atoms with Crippen molar-refractivity contribution in [2.45, 2.75) is 8.68 Å². The first-order valence-electron chi connectivity index (χ1n) is 4.44. The standard InChI is InChI=1S/C9H6N4S3/c10-7-12-13-9(15-7)16-8-11-5-3-1-2-4-6(5)14-8/h1-4H,(H2,10,12). The second-order valence-corrected chi connectivity index (χ2v) is 6.49. The molecule has 4 nitrogen and oxygen atoms in total. The molecule has 2 N–H and O–H groups in total. The van der Waals surface area contributed by atoms with Gasteiger partial charge in [-0.2, -0.15) is 0 Å². The first-order chi connectivity index (χ1) is 7.81. The highest BCUT2D eigenvalue weighted by molar-refractivity contribution is 8.02. The van der Waals surface area contributed by atoms with Crippen LogP contribution >= 0.6 is 34.4 Å². The minimum atomic E-state index is 0.489. The van der Waals surface area contributed by atoms with Gasteiger partial charge in [0, 0.05) is 0 Å². The molecule has 0 saturated heterocycles.